The molecule has 19 heavy (non-hydrogen) atoms. The molecule has 0 aliphatic rings. The monoisotopic (exact) mass is 254 g/mol. The van der Waals surface area contributed by atoms with Crippen LogP contribution in [-0.2, 0) is 7.05 Å². The molecule has 0 spiro atoms. The first-order valence-corrected chi connectivity index (χ1v) is 5.99. The van der Waals surface area contributed by atoms with Gasteiger partial charge in [0.25, 0.3) is 0 Å². The summed E-state index contributed by atoms with van der Waals surface area (Å²) in [7, 11) is 1.88. The smallest absolute Gasteiger partial charge is 0.117 e. The molecule has 0 fully saturated rings. The Morgan fingerprint density at radius 2 is 2.11 bits per heavy atom. The fraction of sp³-hybridized carbons (Fsp3) is 0.143. The summed E-state index contributed by atoms with van der Waals surface area (Å²) in [6.07, 6.45) is 1.75. The second-order valence-corrected chi connectivity index (χ2v) is 4.49. The molecule has 0 aliphatic carbocycles. The summed E-state index contributed by atoms with van der Waals surface area (Å²) in [5, 5.41) is 17.0. The van der Waals surface area contributed by atoms with E-state index in [0.717, 1.165) is 28.1 Å². The molecule has 3 rings (SSSR count). The van der Waals surface area contributed by atoms with Crippen LogP contribution in [0.2, 0.25) is 0 Å². The quantitative estimate of drug-likeness (QED) is 0.738. The Kier molecular flexibility index (Phi) is 2.59. The van der Waals surface area contributed by atoms with Gasteiger partial charge in [0.05, 0.1) is 11.9 Å². The zero-order valence-electron chi connectivity index (χ0n) is 10.8. The van der Waals surface area contributed by atoms with Gasteiger partial charge in [-0.15, -0.1) is 0 Å². The summed E-state index contributed by atoms with van der Waals surface area (Å²) < 4.78 is 1.78. The van der Waals surface area contributed by atoms with E-state index >= 15 is 0 Å². The van der Waals surface area contributed by atoms with Gasteiger partial charge in [-0.1, -0.05) is 6.07 Å². The average Bonchev–Trinajstić information content (AvgIpc) is 2.71. The maximum absolute atomic E-state index is 9.50. The van der Waals surface area contributed by atoms with Crippen LogP contribution in [0.3, 0.4) is 0 Å². The number of anilines is 2. The number of aromatic hydroxyl groups is 1. The molecule has 0 aliphatic heterocycles. The number of fused-ring (bicyclic) bond motifs is 1. The van der Waals surface area contributed by atoms with Gasteiger partial charge in [0, 0.05) is 24.5 Å². The molecule has 5 heteroatoms. The number of nitrogens with one attached hydrogen (secondary N) is 1. The van der Waals surface area contributed by atoms with Crippen molar-refractivity contribution in [2.75, 3.05) is 5.32 Å². The third kappa shape index (κ3) is 2.10. The molecule has 0 atom stereocenters. The minimum absolute atomic E-state index is 0.233. The van der Waals surface area contributed by atoms with Gasteiger partial charge in [-0.25, -0.2) is 4.98 Å². The Morgan fingerprint density at radius 3 is 2.89 bits per heavy atom. The first-order valence-electron chi connectivity index (χ1n) is 5.99. The maximum Gasteiger partial charge on any atom is 0.117 e. The van der Waals surface area contributed by atoms with E-state index in [0.29, 0.717) is 0 Å². The van der Waals surface area contributed by atoms with Crippen LogP contribution in [0.1, 0.15) is 5.69 Å². The van der Waals surface area contributed by atoms with Crippen molar-refractivity contribution in [1.29, 1.82) is 0 Å². The van der Waals surface area contributed by atoms with Crippen molar-refractivity contribution < 1.29 is 5.11 Å². The van der Waals surface area contributed by atoms with Crippen LogP contribution in [0.5, 0.6) is 5.75 Å². The Morgan fingerprint density at radius 1 is 1.26 bits per heavy atom. The third-order valence-corrected chi connectivity index (χ3v) is 2.95. The van der Waals surface area contributed by atoms with Gasteiger partial charge in [-0.2, -0.15) is 5.10 Å². The number of hydrogen-bond donors (Lipinski definition) is 2. The number of pyridine rings is 1. The van der Waals surface area contributed by atoms with Crippen LogP contribution in [-0.4, -0.2) is 19.9 Å². The number of phenols is 1. The lowest BCUT2D eigenvalue weighted by atomic mass is 10.2. The summed E-state index contributed by atoms with van der Waals surface area (Å²) in [6.45, 7) is 1.94. The second kappa shape index (κ2) is 4.28. The maximum atomic E-state index is 9.50. The van der Waals surface area contributed by atoms with E-state index in [1.54, 1.807) is 29.1 Å². The van der Waals surface area contributed by atoms with E-state index in [1.807, 2.05) is 26.1 Å². The van der Waals surface area contributed by atoms with E-state index in [2.05, 4.69) is 15.4 Å². The number of nitrogens with zero attached hydrogens (tertiary/aromatic N) is 3. The van der Waals surface area contributed by atoms with E-state index in [1.165, 1.54) is 0 Å². The lowest BCUT2D eigenvalue weighted by molar-refractivity contribution is 0.475. The number of aryl methyl sites for hydroxylation is 2. The van der Waals surface area contributed by atoms with E-state index in [9.17, 15) is 5.11 Å². The Hall–Kier alpha value is -2.56. The predicted molar refractivity (Wildman–Crippen MR) is 74.6 cm³/mol. The molecule has 0 radical (unpaired) electrons. The highest BCUT2D eigenvalue weighted by Crippen LogP contribution is 2.27. The molecule has 5 nitrogen and oxygen atoms in total. The summed E-state index contributed by atoms with van der Waals surface area (Å²) in [4.78, 5) is 4.44. The molecule has 0 saturated carbocycles. The minimum atomic E-state index is 0.233. The molecular weight excluding hydrogens is 240 g/mol. The Balaban J connectivity index is 2.11. The molecule has 2 aromatic heterocycles. The fourth-order valence-corrected chi connectivity index (χ4v) is 2.15. The fourth-order valence-electron chi connectivity index (χ4n) is 2.15. The zero-order valence-corrected chi connectivity index (χ0v) is 10.8. The van der Waals surface area contributed by atoms with Crippen molar-refractivity contribution in [2.24, 2.45) is 7.05 Å². The number of rotatable bonds is 2. The molecule has 0 bridgehead atoms. The molecular formula is C14H14N4O. The summed E-state index contributed by atoms with van der Waals surface area (Å²) in [6, 6.07) is 8.98. The standard InChI is InChI=1S/C14H14N4O/c1-9-6-12(14-13(16-9)8-15-18(14)2)17-10-4-3-5-11(19)7-10/h3-8,19H,1-2H3,(H,16,17). The van der Waals surface area contributed by atoms with Crippen LogP contribution < -0.4 is 5.32 Å². The van der Waals surface area contributed by atoms with Crippen molar-refractivity contribution in [3.63, 3.8) is 0 Å². The predicted octanol–water partition coefficient (Wildman–Crippen LogP) is 2.73. The first kappa shape index (κ1) is 11.5. The SMILES string of the molecule is Cc1cc(Nc2cccc(O)c2)c2c(cnn2C)n1. The van der Waals surface area contributed by atoms with Gasteiger partial charge in [0.15, 0.2) is 0 Å². The Labute approximate surface area is 110 Å². The first-order chi connectivity index (χ1) is 9.13. The number of aromatic nitrogens is 3. The molecule has 0 saturated heterocycles. The normalized spacial score (nSPS) is 10.8. The third-order valence-electron chi connectivity index (χ3n) is 2.95. The molecule has 96 valence electrons. The van der Waals surface area contributed by atoms with Crippen molar-refractivity contribution in [2.45, 2.75) is 6.92 Å². The molecule has 0 amide bonds. The highest BCUT2D eigenvalue weighted by atomic mass is 16.3. The van der Waals surface area contributed by atoms with E-state index in [4.69, 9.17) is 0 Å². The van der Waals surface area contributed by atoms with Gasteiger partial charge in [0.2, 0.25) is 0 Å². The average molecular weight is 254 g/mol. The highest BCUT2D eigenvalue weighted by Gasteiger charge is 2.09. The zero-order chi connectivity index (χ0) is 13.4. The number of hydrogen-bond acceptors (Lipinski definition) is 4. The summed E-state index contributed by atoms with van der Waals surface area (Å²) in [5.74, 6) is 0.233. The minimum Gasteiger partial charge on any atom is -0.508 e. The summed E-state index contributed by atoms with van der Waals surface area (Å²) >= 11 is 0. The van der Waals surface area contributed by atoms with E-state index in [-0.39, 0.29) is 5.75 Å². The van der Waals surface area contributed by atoms with Gasteiger partial charge in [-0.05, 0) is 25.1 Å². The van der Waals surface area contributed by atoms with Crippen molar-refractivity contribution in [3.8, 4) is 5.75 Å². The van der Waals surface area contributed by atoms with Crippen LogP contribution in [0.4, 0.5) is 11.4 Å². The molecule has 2 heterocycles. The summed E-state index contributed by atoms with van der Waals surface area (Å²) in [5.41, 5.74) is 4.46. The van der Waals surface area contributed by atoms with Crippen molar-refractivity contribution in [1.82, 2.24) is 14.8 Å². The molecule has 0 unspecified atom stereocenters. The van der Waals surface area contributed by atoms with Gasteiger partial charge < -0.3 is 10.4 Å². The van der Waals surface area contributed by atoms with Crippen molar-refractivity contribution in [3.05, 3.63) is 42.2 Å². The van der Waals surface area contributed by atoms with Crippen LogP contribution in [0.15, 0.2) is 36.5 Å². The van der Waals surface area contributed by atoms with Crippen LogP contribution >= 0.6 is 0 Å². The van der Waals surface area contributed by atoms with E-state index < -0.39 is 0 Å². The van der Waals surface area contributed by atoms with Gasteiger partial charge in [0.1, 0.15) is 16.8 Å². The number of phenolic OH excluding ortho intramolecular Hbond substituents is 1. The molecule has 2 N–H and O–H groups in total. The van der Waals surface area contributed by atoms with Crippen LogP contribution in [0.25, 0.3) is 11.0 Å². The lowest BCUT2D eigenvalue weighted by Crippen LogP contribution is -1.98. The highest BCUT2D eigenvalue weighted by molar-refractivity contribution is 5.90. The van der Waals surface area contributed by atoms with Gasteiger partial charge in [-0.3, -0.25) is 4.68 Å². The lowest BCUT2D eigenvalue weighted by Gasteiger charge is -2.10. The Bertz CT molecular complexity index is 748. The largest absolute Gasteiger partial charge is 0.508 e. The van der Waals surface area contributed by atoms with Crippen molar-refractivity contribution >= 4 is 22.4 Å². The van der Waals surface area contributed by atoms with Crippen LogP contribution in [0, 0.1) is 6.92 Å². The second-order valence-electron chi connectivity index (χ2n) is 4.49. The molecule has 3 aromatic rings. The molecule has 1 aromatic carbocycles. The topological polar surface area (TPSA) is 63.0 Å². The number of benzene rings is 1. The van der Waals surface area contributed by atoms with Gasteiger partial charge >= 0.3 is 0 Å².